The van der Waals surface area contributed by atoms with Gasteiger partial charge in [-0.1, -0.05) is 0 Å². The molecule has 3 heterocycles. The zero-order chi connectivity index (χ0) is 14.7. The Balaban J connectivity index is 1.90. The molecule has 3 aliphatic heterocycles. The first-order valence-electron chi connectivity index (χ1n) is 6.56. The van der Waals surface area contributed by atoms with Crippen LogP contribution in [0.5, 0.6) is 0 Å². The second-order valence-corrected chi connectivity index (χ2v) is 8.86. The van der Waals surface area contributed by atoms with Gasteiger partial charge in [-0.15, -0.1) is 0 Å². The van der Waals surface area contributed by atoms with Crippen molar-refractivity contribution in [2.24, 2.45) is 0 Å². The lowest BCUT2D eigenvalue weighted by atomic mass is 9.99. The molecule has 0 aromatic heterocycles. The first kappa shape index (κ1) is 15.4. The van der Waals surface area contributed by atoms with E-state index in [0.717, 1.165) is 3.39 Å². The Morgan fingerprint density at radius 3 is 2.05 bits per heavy atom. The van der Waals surface area contributed by atoms with Crippen LogP contribution < -0.4 is 0 Å². The van der Waals surface area contributed by atoms with Gasteiger partial charge in [0.15, 0.2) is 17.9 Å². The molecule has 0 aromatic carbocycles. The van der Waals surface area contributed by atoms with Gasteiger partial charge in [-0.25, -0.2) is 0 Å². The molecule has 3 aliphatic rings. The summed E-state index contributed by atoms with van der Waals surface area (Å²) >= 11 is 6.72. The van der Waals surface area contributed by atoms with E-state index in [2.05, 4.69) is 31.9 Å². The lowest BCUT2D eigenvalue weighted by molar-refractivity contribution is -0.222. The average molecular weight is 414 g/mol. The molecule has 0 N–H and O–H groups in total. The van der Waals surface area contributed by atoms with E-state index in [0.29, 0.717) is 0 Å². The fourth-order valence-corrected chi connectivity index (χ4v) is 3.42. The summed E-state index contributed by atoms with van der Waals surface area (Å²) in [6.07, 6.45) is 0.446. The van der Waals surface area contributed by atoms with Gasteiger partial charge in [-0.3, -0.25) is 0 Å². The van der Waals surface area contributed by atoms with Crippen molar-refractivity contribution >= 4 is 31.9 Å². The van der Waals surface area contributed by atoms with Crippen molar-refractivity contribution in [1.29, 1.82) is 0 Å². The third-order valence-electron chi connectivity index (χ3n) is 3.48. The van der Waals surface area contributed by atoms with Gasteiger partial charge in [0.05, 0.1) is 3.39 Å². The lowest BCUT2D eigenvalue weighted by Gasteiger charge is -2.36. The molecule has 5 atom stereocenters. The number of halogens is 2. The van der Waals surface area contributed by atoms with E-state index in [1.54, 1.807) is 0 Å². The highest BCUT2D eigenvalue weighted by Gasteiger charge is 2.60. The molecule has 114 valence electrons. The standard InChI is InChI=1S/C13H18Br2O5/c1-12(2)17-8-6(5-7(14)15)16-11-10(9(8)18-12)19-13(3,4)20-11/h5-6,8-11H,1-4H3/t6-,8+,9+,10?,11?/m0/s1. The molecule has 2 unspecified atom stereocenters. The van der Waals surface area contributed by atoms with E-state index in [9.17, 15) is 0 Å². The zero-order valence-corrected chi connectivity index (χ0v) is 14.9. The predicted molar refractivity (Wildman–Crippen MR) is 78.5 cm³/mol. The summed E-state index contributed by atoms with van der Waals surface area (Å²) in [7, 11) is 0. The molecule has 7 heteroatoms. The van der Waals surface area contributed by atoms with E-state index >= 15 is 0 Å². The first-order chi connectivity index (χ1) is 9.17. The van der Waals surface area contributed by atoms with Crippen molar-refractivity contribution < 1.29 is 23.7 Å². The van der Waals surface area contributed by atoms with Gasteiger partial charge in [-0.2, -0.15) is 0 Å². The molecule has 0 spiro atoms. The van der Waals surface area contributed by atoms with Crippen LogP contribution in [-0.4, -0.2) is 42.3 Å². The van der Waals surface area contributed by atoms with Crippen LogP contribution in [0.25, 0.3) is 0 Å². The fraction of sp³-hybridized carbons (Fsp3) is 0.846. The number of ether oxygens (including phenoxy) is 5. The van der Waals surface area contributed by atoms with Crippen LogP contribution >= 0.6 is 31.9 Å². The molecule has 0 aromatic rings. The number of rotatable bonds is 1. The van der Waals surface area contributed by atoms with Crippen LogP contribution in [0.3, 0.4) is 0 Å². The van der Waals surface area contributed by atoms with Crippen molar-refractivity contribution in [3.63, 3.8) is 0 Å². The quantitative estimate of drug-likeness (QED) is 0.661. The van der Waals surface area contributed by atoms with Crippen LogP contribution in [0.4, 0.5) is 0 Å². The second-order valence-electron chi connectivity index (χ2n) is 6.09. The molecule has 3 saturated heterocycles. The van der Waals surface area contributed by atoms with Gasteiger partial charge < -0.3 is 23.7 Å². The van der Waals surface area contributed by atoms with Gasteiger partial charge in [0.25, 0.3) is 0 Å². The van der Waals surface area contributed by atoms with Crippen LogP contribution in [0.2, 0.25) is 0 Å². The van der Waals surface area contributed by atoms with Crippen LogP contribution in [0, 0.1) is 0 Å². The predicted octanol–water partition coefficient (Wildman–Crippen LogP) is 3.01. The molecule has 0 saturated carbocycles. The zero-order valence-electron chi connectivity index (χ0n) is 11.8. The molecule has 0 amide bonds. The minimum atomic E-state index is -0.680. The third kappa shape index (κ3) is 2.86. The minimum Gasteiger partial charge on any atom is -0.342 e. The van der Waals surface area contributed by atoms with Crippen LogP contribution in [-0.2, 0) is 23.7 Å². The van der Waals surface area contributed by atoms with E-state index < -0.39 is 17.9 Å². The maximum Gasteiger partial charge on any atom is 0.190 e. The van der Waals surface area contributed by atoms with Gasteiger partial charge in [0.2, 0.25) is 0 Å². The van der Waals surface area contributed by atoms with E-state index in [1.165, 1.54) is 0 Å². The Kier molecular flexibility index (Phi) is 3.86. The van der Waals surface area contributed by atoms with Crippen molar-refractivity contribution in [1.82, 2.24) is 0 Å². The lowest BCUT2D eigenvalue weighted by Crippen LogP contribution is -2.54. The first-order valence-corrected chi connectivity index (χ1v) is 8.15. The summed E-state index contributed by atoms with van der Waals surface area (Å²) in [5, 5.41) is 0. The molecular formula is C13H18Br2O5. The SMILES string of the molecule is CC1(C)OC2O[C@@H](C=C(Br)Br)[C@H]3OC(C)(C)O[C@H]3C2O1. The van der Waals surface area contributed by atoms with Crippen LogP contribution in [0.1, 0.15) is 27.7 Å². The van der Waals surface area contributed by atoms with Gasteiger partial charge in [-0.05, 0) is 65.6 Å². The molecule has 20 heavy (non-hydrogen) atoms. The highest BCUT2D eigenvalue weighted by atomic mass is 79.9. The number of hydrogen-bond acceptors (Lipinski definition) is 5. The molecule has 3 rings (SSSR count). The van der Waals surface area contributed by atoms with Crippen LogP contribution in [0.15, 0.2) is 9.47 Å². The molecule has 0 aliphatic carbocycles. The number of fused-ring (bicyclic) bond motifs is 3. The summed E-state index contributed by atoms with van der Waals surface area (Å²) in [6.45, 7) is 7.53. The monoisotopic (exact) mass is 412 g/mol. The summed E-state index contributed by atoms with van der Waals surface area (Å²) in [5.74, 6) is -1.34. The van der Waals surface area contributed by atoms with E-state index in [4.69, 9.17) is 23.7 Å². The fourth-order valence-electron chi connectivity index (χ4n) is 2.90. The highest BCUT2D eigenvalue weighted by Crippen LogP contribution is 2.44. The maximum atomic E-state index is 6.00. The van der Waals surface area contributed by atoms with Gasteiger partial charge in [0, 0.05) is 0 Å². The van der Waals surface area contributed by atoms with E-state index in [-0.39, 0.29) is 24.4 Å². The summed E-state index contributed by atoms with van der Waals surface area (Å²) < 4.78 is 30.5. The molecule has 0 radical (unpaired) electrons. The van der Waals surface area contributed by atoms with Crippen molar-refractivity contribution in [2.75, 3.05) is 0 Å². The van der Waals surface area contributed by atoms with E-state index in [1.807, 2.05) is 33.8 Å². The minimum absolute atomic E-state index is 0.217. The largest absolute Gasteiger partial charge is 0.342 e. The van der Waals surface area contributed by atoms with Crippen molar-refractivity contribution in [2.45, 2.75) is 70.0 Å². The highest BCUT2D eigenvalue weighted by molar-refractivity contribution is 9.28. The number of hydrogen-bond donors (Lipinski definition) is 0. The molecular weight excluding hydrogens is 396 g/mol. The maximum absolute atomic E-state index is 6.00. The summed E-state index contributed by atoms with van der Waals surface area (Å²) in [4.78, 5) is 0. The summed E-state index contributed by atoms with van der Waals surface area (Å²) in [5.41, 5.74) is 0. The Morgan fingerprint density at radius 1 is 0.850 bits per heavy atom. The van der Waals surface area contributed by atoms with Gasteiger partial charge >= 0.3 is 0 Å². The Hall–Kier alpha value is 0.500. The second kappa shape index (κ2) is 5.01. The average Bonchev–Trinajstić information content (AvgIpc) is 2.73. The summed E-state index contributed by atoms with van der Waals surface area (Å²) in [6, 6.07) is 0. The Morgan fingerprint density at radius 2 is 1.40 bits per heavy atom. The third-order valence-corrected chi connectivity index (χ3v) is 4.01. The van der Waals surface area contributed by atoms with Gasteiger partial charge in [0.1, 0.15) is 24.4 Å². The Labute approximate surface area is 135 Å². The molecule has 3 fully saturated rings. The topological polar surface area (TPSA) is 46.2 Å². The molecule has 5 nitrogen and oxygen atoms in total. The smallest absolute Gasteiger partial charge is 0.190 e. The Bertz CT molecular complexity index is 432. The normalized spacial score (nSPS) is 44.8. The van der Waals surface area contributed by atoms with Crippen molar-refractivity contribution in [3.05, 3.63) is 9.47 Å². The van der Waals surface area contributed by atoms with Crippen molar-refractivity contribution in [3.8, 4) is 0 Å². The molecule has 0 bridgehead atoms.